The van der Waals surface area contributed by atoms with Gasteiger partial charge >= 0.3 is 0 Å². The van der Waals surface area contributed by atoms with Gasteiger partial charge < -0.3 is 5.32 Å². The summed E-state index contributed by atoms with van der Waals surface area (Å²) in [5.41, 5.74) is 2.12. The normalized spacial score (nSPS) is 17.7. The van der Waals surface area contributed by atoms with Crippen molar-refractivity contribution in [2.24, 2.45) is 0 Å². The molecule has 1 saturated heterocycles. The number of para-hydroxylation sites is 1. The lowest BCUT2D eigenvalue weighted by molar-refractivity contribution is -0.122. The quantitative estimate of drug-likeness (QED) is 0.326. The molecule has 0 saturated carbocycles. The Morgan fingerprint density at radius 2 is 1.76 bits per heavy atom. The molecule has 9 heteroatoms. The van der Waals surface area contributed by atoms with Crippen molar-refractivity contribution in [3.05, 3.63) is 64.0 Å². The third kappa shape index (κ3) is 4.83. The van der Waals surface area contributed by atoms with Gasteiger partial charge in [0.1, 0.15) is 10.9 Å². The van der Waals surface area contributed by atoms with E-state index in [1.165, 1.54) is 4.90 Å². The van der Waals surface area contributed by atoms with E-state index in [1.807, 2.05) is 6.07 Å². The molecule has 2 heterocycles. The highest BCUT2D eigenvalue weighted by Gasteiger charge is 2.42. The lowest BCUT2D eigenvalue weighted by Gasteiger charge is -2.17. The van der Waals surface area contributed by atoms with Crippen LogP contribution in [-0.4, -0.2) is 40.0 Å². The molecule has 1 N–H and O–H groups in total. The molecular weight excluding hydrogens is 478 g/mol. The number of nitrogens with zero attached hydrogens (tertiary/aromatic N) is 2. The largest absolute Gasteiger partial charge is 0.325 e. The van der Waals surface area contributed by atoms with Gasteiger partial charge in [0.2, 0.25) is 5.91 Å². The van der Waals surface area contributed by atoms with Crippen molar-refractivity contribution in [2.45, 2.75) is 26.2 Å². The molecule has 0 spiro atoms. The second-order valence-corrected chi connectivity index (χ2v) is 9.78. The number of rotatable bonds is 7. The lowest BCUT2D eigenvalue weighted by atomic mass is 10.1. The summed E-state index contributed by atoms with van der Waals surface area (Å²) in [6.07, 6.45) is 2.89. The van der Waals surface area contributed by atoms with Crippen LogP contribution in [0.1, 0.15) is 31.7 Å². The third-order valence-corrected chi connectivity index (χ3v) is 7.11. The smallest absolute Gasteiger partial charge is 0.267 e. The summed E-state index contributed by atoms with van der Waals surface area (Å²) in [6.45, 7) is 2.45. The lowest BCUT2D eigenvalue weighted by Crippen LogP contribution is -2.35. The summed E-state index contributed by atoms with van der Waals surface area (Å²) >= 11 is 12.5. The van der Waals surface area contributed by atoms with Gasteiger partial charge in [0.05, 0.1) is 16.2 Å². The maximum atomic E-state index is 13.4. The van der Waals surface area contributed by atoms with Gasteiger partial charge in [0, 0.05) is 22.8 Å². The average Bonchev–Trinajstić information content (AvgIpc) is 3.23. The standard InChI is InChI=1S/C24H22ClN3O3S2/c1-2-3-6-13-27-23(31)21(33-24(27)32)20-17-7-4-5-8-18(17)28(22(20)30)14-19(29)26-16-11-9-15(25)10-12-16/h4-5,7-12H,2-3,6,13-14H2,1H3,(H,26,29)/b21-20-. The van der Waals surface area contributed by atoms with Crippen molar-refractivity contribution in [1.29, 1.82) is 0 Å². The van der Waals surface area contributed by atoms with E-state index >= 15 is 0 Å². The van der Waals surface area contributed by atoms with Crippen LogP contribution in [0.5, 0.6) is 0 Å². The Labute approximate surface area is 207 Å². The number of carbonyl (C=O) groups is 3. The van der Waals surface area contributed by atoms with Gasteiger partial charge in [-0.1, -0.05) is 73.5 Å². The number of hydrogen-bond acceptors (Lipinski definition) is 5. The first-order chi connectivity index (χ1) is 15.9. The number of thioether (sulfide) groups is 1. The fraction of sp³-hybridized carbons (Fsp3) is 0.250. The van der Waals surface area contributed by atoms with Crippen LogP contribution in [0.2, 0.25) is 5.02 Å². The van der Waals surface area contributed by atoms with Gasteiger partial charge in [0.15, 0.2) is 0 Å². The van der Waals surface area contributed by atoms with Crippen LogP contribution in [0.25, 0.3) is 5.57 Å². The second kappa shape index (κ2) is 10.1. The van der Waals surface area contributed by atoms with Crippen molar-refractivity contribution in [1.82, 2.24) is 4.90 Å². The van der Waals surface area contributed by atoms with Crippen LogP contribution < -0.4 is 10.2 Å². The summed E-state index contributed by atoms with van der Waals surface area (Å²) < 4.78 is 0.461. The van der Waals surface area contributed by atoms with E-state index in [9.17, 15) is 14.4 Å². The van der Waals surface area contributed by atoms with E-state index in [0.717, 1.165) is 31.0 Å². The van der Waals surface area contributed by atoms with E-state index in [4.69, 9.17) is 23.8 Å². The summed E-state index contributed by atoms with van der Waals surface area (Å²) in [6, 6.07) is 13.9. The van der Waals surface area contributed by atoms with Crippen LogP contribution in [0, 0.1) is 0 Å². The van der Waals surface area contributed by atoms with Crippen molar-refractivity contribution < 1.29 is 14.4 Å². The molecule has 0 aliphatic carbocycles. The molecular formula is C24H22ClN3O3S2. The molecule has 0 unspecified atom stereocenters. The Balaban J connectivity index is 1.59. The highest BCUT2D eigenvalue weighted by Crippen LogP contribution is 2.44. The predicted molar refractivity (Wildman–Crippen MR) is 137 cm³/mol. The molecule has 2 aliphatic heterocycles. The van der Waals surface area contributed by atoms with Crippen LogP contribution in [0.4, 0.5) is 11.4 Å². The third-order valence-electron chi connectivity index (χ3n) is 5.41. The second-order valence-electron chi connectivity index (χ2n) is 7.70. The summed E-state index contributed by atoms with van der Waals surface area (Å²) in [5.74, 6) is -0.975. The van der Waals surface area contributed by atoms with Crippen LogP contribution in [0.3, 0.4) is 0 Å². The molecule has 6 nitrogen and oxygen atoms in total. The molecule has 4 rings (SSSR count). The van der Waals surface area contributed by atoms with Crippen molar-refractivity contribution >= 4 is 74.6 Å². The number of halogens is 1. The average molecular weight is 500 g/mol. The highest BCUT2D eigenvalue weighted by atomic mass is 35.5. The minimum absolute atomic E-state index is 0.182. The Morgan fingerprint density at radius 1 is 1.03 bits per heavy atom. The number of hydrogen-bond donors (Lipinski definition) is 1. The molecule has 2 aliphatic rings. The number of amides is 3. The first-order valence-electron chi connectivity index (χ1n) is 10.6. The number of carbonyl (C=O) groups excluding carboxylic acids is 3. The van der Waals surface area contributed by atoms with Crippen molar-refractivity contribution in [2.75, 3.05) is 23.3 Å². The number of benzene rings is 2. The van der Waals surface area contributed by atoms with Crippen LogP contribution >= 0.6 is 35.6 Å². The van der Waals surface area contributed by atoms with E-state index in [1.54, 1.807) is 47.4 Å². The van der Waals surface area contributed by atoms with Crippen LogP contribution in [-0.2, 0) is 14.4 Å². The molecule has 33 heavy (non-hydrogen) atoms. The monoisotopic (exact) mass is 499 g/mol. The zero-order chi connectivity index (χ0) is 23.5. The first kappa shape index (κ1) is 23.5. The number of unbranched alkanes of at least 4 members (excludes halogenated alkanes) is 2. The Bertz CT molecular complexity index is 1160. The van der Waals surface area contributed by atoms with Gasteiger partial charge in [-0.05, 0) is 36.8 Å². The summed E-state index contributed by atoms with van der Waals surface area (Å²) in [7, 11) is 0. The van der Waals surface area contributed by atoms with E-state index in [0.29, 0.717) is 43.3 Å². The van der Waals surface area contributed by atoms with Gasteiger partial charge in [-0.15, -0.1) is 0 Å². The molecule has 0 bridgehead atoms. The molecule has 3 amide bonds. The van der Waals surface area contributed by atoms with Crippen molar-refractivity contribution in [3.63, 3.8) is 0 Å². The molecule has 0 atom stereocenters. The molecule has 0 radical (unpaired) electrons. The Morgan fingerprint density at radius 3 is 2.48 bits per heavy atom. The van der Waals surface area contributed by atoms with Gasteiger partial charge in [-0.3, -0.25) is 24.2 Å². The molecule has 2 aromatic rings. The summed E-state index contributed by atoms with van der Waals surface area (Å²) in [5, 5.41) is 3.34. The number of nitrogens with one attached hydrogen (secondary N) is 1. The highest BCUT2D eigenvalue weighted by molar-refractivity contribution is 8.26. The van der Waals surface area contributed by atoms with E-state index in [-0.39, 0.29) is 24.3 Å². The van der Waals surface area contributed by atoms with Crippen LogP contribution in [0.15, 0.2) is 53.4 Å². The van der Waals surface area contributed by atoms with Gasteiger partial charge in [-0.2, -0.15) is 0 Å². The summed E-state index contributed by atoms with van der Waals surface area (Å²) in [4.78, 5) is 42.6. The maximum Gasteiger partial charge on any atom is 0.267 e. The maximum absolute atomic E-state index is 13.4. The van der Waals surface area contributed by atoms with Gasteiger partial charge in [0.25, 0.3) is 11.8 Å². The minimum atomic E-state index is -0.378. The first-order valence-corrected chi connectivity index (χ1v) is 12.3. The fourth-order valence-electron chi connectivity index (χ4n) is 3.80. The molecule has 170 valence electrons. The minimum Gasteiger partial charge on any atom is -0.325 e. The van der Waals surface area contributed by atoms with Crippen molar-refractivity contribution in [3.8, 4) is 0 Å². The zero-order valence-corrected chi connectivity index (χ0v) is 20.4. The fourth-order valence-corrected chi connectivity index (χ4v) is 5.30. The Kier molecular flexibility index (Phi) is 7.17. The molecule has 0 aromatic heterocycles. The van der Waals surface area contributed by atoms with Gasteiger partial charge in [-0.25, -0.2) is 0 Å². The van der Waals surface area contributed by atoms with E-state index in [2.05, 4.69) is 12.2 Å². The predicted octanol–water partition coefficient (Wildman–Crippen LogP) is 5.09. The molecule has 1 fully saturated rings. The molecule has 2 aromatic carbocycles. The zero-order valence-electron chi connectivity index (χ0n) is 18.0. The van der Waals surface area contributed by atoms with E-state index < -0.39 is 0 Å². The number of fused-ring (bicyclic) bond motifs is 1. The number of thiocarbonyl (C=S) groups is 1. The topological polar surface area (TPSA) is 69.7 Å². The number of anilines is 2. The SMILES string of the molecule is CCCCCN1C(=O)/C(=C2/C(=O)N(CC(=O)Nc3ccc(Cl)cc3)c3ccccc32)SC1=S. The Hall–Kier alpha value is -2.68.